The predicted octanol–water partition coefficient (Wildman–Crippen LogP) is 2.55. The van der Waals surface area contributed by atoms with E-state index >= 15 is 0 Å². The summed E-state index contributed by atoms with van der Waals surface area (Å²) in [5.41, 5.74) is 0.183. The van der Waals surface area contributed by atoms with Crippen LogP contribution in [0.25, 0.3) is 10.9 Å². The molecule has 128 valence electrons. The fraction of sp³-hybridized carbons (Fsp3) is 0.167. The van der Waals surface area contributed by atoms with Crippen LogP contribution in [-0.2, 0) is 11.3 Å². The van der Waals surface area contributed by atoms with E-state index < -0.39 is 29.1 Å². The molecule has 3 rings (SSSR count). The summed E-state index contributed by atoms with van der Waals surface area (Å²) in [7, 11) is 0. The van der Waals surface area contributed by atoms with Crippen LogP contribution in [0.3, 0.4) is 0 Å². The lowest BCUT2D eigenvalue weighted by atomic mass is 10.1. The Morgan fingerprint density at radius 3 is 2.76 bits per heavy atom. The van der Waals surface area contributed by atoms with Crippen LogP contribution in [0.15, 0.2) is 53.6 Å². The van der Waals surface area contributed by atoms with Gasteiger partial charge in [0.15, 0.2) is 0 Å². The monoisotopic (exact) mass is 343 g/mol. The predicted molar refractivity (Wildman–Crippen MR) is 88.9 cm³/mol. The molecule has 0 aliphatic carbocycles. The van der Waals surface area contributed by atoms with E-state index in [9.17, 15) is 18.4 Å². The molecule has 0 fully saturated rings. The lowest BCUT2D eigenvalue weighted by Crippen LogP contribution is -2.34. The second-order valence-electron chi connectivity index (χ2n) is 5.65. The van der Waals surface area contributed by atoms with E-state index in [-0.39, 0.29) is 11.9 Å². The molecular weight excluding hydrogens is 328 g/mol. The number of hydrogen-bond acceptors (Lipinski definition) is 3. The first-order valence-corrected chi connectivity index (χ1v) is 7.64. The molecule has 2 aromatic carbocycles. The SMILES string of the molecule is CC(NC(=O)Cn1cnc2ccc(F)cc2c1=O)c1ccccc1F. The fourth-order valence-electron chi connectivity index (χ4n) is 2.59. The molecule has 5 nitrogen and oxygen atoms in total. The minimum atomic E-state index is -0.560. The minimum absolute atomic E-state index is 0.0949. The molecule has 0 aliphatic rings. The number of nitrogens with one attached hydrogen (secondary N) is 1. The Labute approximate surface area is 141 Å². The van der Waals surface area contributed by atoms with E-state index in [0.29, 0.717) is 11.1 Å². The van der Waals surface area contributed by atoms with Gasteiger partial charge in [-0.25, -0.2) is 13.8 Å². The van der Waals surface area contributed by atoms with Gasteiger partial charge in [-0.2, -0.15) is 0 Å². The summed E-state index contributed by atoms with van der Waals surface area (Å²) in [6.07, 6.45) is 1.23. The quantitative estimate of drug-likeness (QED) is 0.792. The summed E-state index contributed by atoms with van der Waals surface area (Å²) < 4.78 is 28.1. The molecule has 1 amide bonds. The van der Waals surface area contributed by atoms with Gasteiger partial charge in [0.25, 0.3) is 5.56 Å². The number of carbonyl (C=O) groups excluding carboxylic acids is 1. The average Bonchev–Trinajstić information content (AvgIpc) is 2.58. The Balaban J connectivity index is 1.79. The number of rotatable bonds is 4. The highest BCUT2D eigenvalue weighted by Crippen LogP contribution is 2.16. The number of amides is 1. The van der Waals surface area contributed by atoms with E-state index in [4.69, 9.17) is 0 Å². The van der Waals surface area contributed by atoms with Gasteiger partial charge in [0.2, 0.25) is 5.91 Å². The zero-order chi connectivity index (χ0) is 18.0. The first-order valence-electron chi connectivity index (χ1n) is 7.64. The first-order chi connectivity index (χ1) is 12.0. The van der Waals surface area contributed by atoms with Crippen molar-refractivity contribution in [1.82, 2.24) is 14.9 Å². The van der Waals surface area contributed by atoms with Crippen LogP contribution >= 0.6 is 0 Å². The number of fused-ring (bicyclic) bond motifs is 1. The van der Waals surface area contributed by atoms with Gasteiger partial charge in [0.05, 0.1) is 23.3 Å². The van der Waals surface area contributed by atoms with Gasteiger partial charge in [-0.05, 0) is 31.2 Å². The maximum absolute atomic E-state index is 13.7. The van der Waals surface area contributed by atoms with E-state index in [2.05, 4.69) is 10.3 Å². The molecule has 7 heteroatoms. The molecule has 1 N–H and O–H groups in total. The zero-order valence-corrected chi connectivity index (χ0v) is 13.4. The van der Waals surface area contributed by atoms with Gasteiger partial charge >= 0.3 is 0 Å². The van der Waals surface area contributed by atoms with Gasteiger partial charge in [0.1, 0.15) is 18.2 Å². The number of halogens is 2. The van der Waals surface area contributed by atoms with Crippen molar-refractivity contribution in [3.05, 3.63) is 76.3 Å². The van der Waals surface area contributed by atoms with E-state index in [1.54, 1.807) is 25.1 Å². The van der Waals surface area contributed by atoms with Crippen molar-refractivity contribution in [1.29, 1.82) is 0 Å². The van der Waals surface area contributed by atoms with Crippen LogP contribution in [0.5, 0.6) is 0 Å². The van der Waals surface area contributed by atoms with Crippen molar-refractivity contribution in [3.8, 4) is 0 Å². The van der Waals surface area contributed by atoms with Crippen LogP contribution < -0.4 is 10.9 Å². The smallest absolute Gasteiger partial charge is 0.261 e. The normalized spacial score (nSPS) is 12.1. The summed E-state index contributed by atoms with van der Waals surface area (Å²) in [5.74, 6) is -1.45. The Kier molecular flexibility index (Phi) is 4.56. The number of aromatic nitrogens is 2. The van der Waals surface area contributed by atoms with Crippen molar-refractivity contribution in [2.45, 2.75) is 19.5 Å². The molecule has 0 aliphatic heterocycles. The van der Waals surface area contributed by atoms with Gasteiger partial charge < -0.3 is 5.32 Å². The van der Waals surface area contributed by atoms with E-state index in [1.807, 2.05) is 0 Å². The Bertz CT molecular complexity index is 1000. The summed E-state index contributed by atoms with van der Waals surface area (Å²) in [5, 5.41) is 2.73. The van der Waals surface area contributed by atoms with Gasteiger partial charge in [-0.3, -0.25) is 14.2 Å². The molecule has 0 spiro atoms. The lowest BCUT2D eigenvalue weighted by Gasteiger charge is -2.15. The number of hydrogen-bond donors (Lipinski definition) is 1. The highest BCUT2D eigenvalue weighted by Gasteiger charge is 2.14. The molecule has 0 bridgehead atoms. The van der Waals surface area contributed by atoms with Crippen molar-refractivity contribution >= 4 is 16.8 Å². The third-order valence-electron chi connectivity index (χ3n) is 3.85. The molecule has 1 unspecified atom stereocenters. The molecule has 0 radical (unpaired) electrons. The zero-order valence-electron chi connectivity index (χ0n) is 13.4. The van der Waals surface area contributed by atoms with Gasteiger partial charge in [-0.15, -0.1) is 0 Å². The molecule has 1 aromatic heterocycles. The van der Waals surface area contributed by atoms with Crippen LogP contribution in [-0.4, -0.2) is 15.5 Å². The molecule has 0 saturated carbocycles. The lowest BCUT2D eigenvalue weighted by molar-refractivity contribution is -0.122. The summed E-state index contributed by atoms with van der Waals surface area (Å²) in [6.45, 7) is 1.35. The third-order valence-corrected chi connectivity index (χ3v) is 3.85. The highest BCUT2D eigenvalue weighted by molar-refractivity contribution is 5.79. The van der Waals surface area contributed by atoms with Gasteiger partial charge in [0, 0.05) is 5.56 Å². The second-order valence-corrected chi connectivity index (χ2v) is 5.65. The van der Waals surface area contributed by atoms with Crippen LogP contribution in [0.1, 0.15) is 18.5 Å². The van der Waals surface area contributed by atoms with Crippen LogP contribution in [0, 0.1) is 11.6 Å². The minimum Gasteiger partial charge on any atom is -0.348 e. The van der Waals surface area contributed by atoms with Crippen molar-refractivity contribution in [2.75, 3.05) is 0 Å². The average molecular weight is 343 g/mol. The third kappa shape index (κ3) is 3.55. The maximum atomic E-state index is 13.7. The van der Waals surface area contributed by atoms with E-state index in [1.165, 1.54) is 24.5 Å². The molecule has 1 heterocycles. The summed E-state index contributed by atoms with van der Waals surface area (Å²) in [6, 6.07) is 9.26. The van der Waals surface area contributed by atoms with Crippen molar-refractivity contribution in [2.24, 2.45) is 0 Å². The fourth-order valence-corrected chi connectivity index (χ4v) is 2.59. The van der Waals surface area contributed by atoms with Crippen LogP contribution in [0.2, 0.25) is 0 Å². The first kappa shape index (κ1) is 16.8. The Morgan fingerprint density at radius 2 is 2.00 bits per heavy atom. The highest BCUT2D eigenvalue weighted by atomic mass is 19.1. The number of carbonyl (C=O) groups is 1. The molecule has 1 atom stereocenters. The molecule has 0 saturated heterocycles. The molecule has 25 heavy (non-hydrogen) atoms. The number of benzene rings is 2. The topological polar surface area (TPSA) is 64.0 Å². The van der Waals surface area contributed by atoms with Crippen molar-refractivity contribution < 1.29 is 13.6 Å². The Morgan fingerprint density at radius 1 is 1.24 bits per heavy atom. The maximum Gasteiger partial charge on any atom is 0.261 e. The van der Waals surface area contributed by atoms with E-state index in [0.717, 1.165) is 10.6 Å². The summed E-state index contributed by atoms with van der Waals surface area (Å²) in [4.78, 5) is 28.6. The van der Waals surface area contributed by atoms with Crippen molar-refractivity contribution in [3.63, 3.8) is 0 Å². The Hall–Kier alpha value is -3.09. The van der Waals surface area contributed by atoms with Crippen LogP contribution in [0.4, 0.5) is 8.78 Å². The number of nitrogens with zero attached hydrogens (tertiary/aromatic N) is 2. The standard InChI is InChI=1S/C18H15F2N3O2/c1-11(13-4-2-3-5-15(13)20)22-17(24)9-23-10-21-16-7-6-12(19)8-14(16)18(23)25/h2-8,10-11H,9H2,1H3,(H,22,24). The second kappa shape index (κ2) is 6.80. The largest absolute Gasteiger partial charge is 0.348 e. The summed E-state index contributed by atoms with van der Waals surface area (Å²) >= 11 is 0. The van der Waals surface area contributed by atoms with Gasteiger partial charge in [-0.1, -0.05) is 18.2 Å². The molecule has 3 aromatic rings. The molecular formula is C18H15F2N3O2.